The average Bonchev–Trinajstić information content (AvgIpc) is 2.75. The van der Waals surface area contributed by atoms with Crippen LogP contribution >= 0.6 is 0 Å². The molecule has 0 saturated heterocycles. The van der Waals surface area contributed by atoms with Crippen LogP contribution in [0.3, 0.4) is 0 Å². The Balaban J connectivity index is 2.72. The molecule has 0 fully saturated rings. The van der Waals surface area contributed by atoms with Crippen molar-refractivity contribution in [3.05, 3.63) is 18.0 Å². The number of hydrogen-bond acceptors (Lipinski definition) is 3. The second kappa shape index (κ2) is 6.36. The average molecular weight is 273 g/mol. The molecule has 0 bridgehead atoms. The highest BCUT2D eigenvalue weighted by atomic mass is 32.2. The lowest BCUT2D eigenvalue weighted by Gasteiger charge is -2.10. The van der Waals surface area contributed by atoms with Gasteiger partial charge in [0.15, 0.2) is 0 Å². The Bertz CT molecular complexity index is 465. The quantitative estimate of drug-likeness (QED) is 0.706. The van der Waals surface area contributed by atoms with Crippen molar-refractivity contribution in [1.29, 1.82) is 0 Å². The highest BCUT2D eigenvalue weighted by molar-refractivity contribution is 7.89. The molecule has 1 aromatic heterocycles. The van der Waals surface area contributed by atoms with Crippen molar-refractivity contribution < 1.29 is 8.42 Å². The van der Waals surface area contributed by atoms with E-state index in [-0.39, 0.29) is 6.04 Å². The first-order chi connectivity index (χ1) is 8.35. The maximum Gasteiger partial charge on any atom is 0.242 e. The zero-order valence-corrected chi connectivity index (χ0v) is 12.3. The molecule has 1 atom stereocenters. The van der Waals surface area contributed by atoms with Crippen LogP contribution in [0, 0.1) is 0 Å². The van der Waals surface area contributed by atoms with E-state index in [1.807, 2.05) is 27.7 Å². The maximum absolute atomic E-state index is 12.0. The van der Waals surface area contributed by atoms with E-state index >= 15 is 0 Å². The van der Waals surface area contributed by atoms with Gasteiger partial charge in [0.2, 0.25) is 10.0 Å². The van der Waals surface area contributed by atoms with Crippen molar-refractivity contribution in [2.24, 2.45) is 0 Å². The van der Waals surface area contributed by atoms with Crippen LogP contribution in [0.15, 0.2) is 17.2 Å². The van der Waals surface area contributed by atoms with E-state index in [4.69, 9.17) is 0 Å². The van der Waals surface area contributed by atoms with Crippen molar-refractivity contribution in [2.75, 3.05) is 0 Å². The Kier molecular flexibility index (Phi) is 5.37. The van der Waals surface area contributed by atoms with E-state index in [1.54, 1.807) is 6.07 Å². The molecule has 3 N–H and O–H groups in total. The van der Waals surface area contributed by atoms with E-state index in [9.17, 15) is 8.42 Å². The number of aromatic nitrogens is 1. The van der Waals surface area contributed by atoms with E-state index in [1.165, 1.54) is 6.20 Å². The van der Waals surface area contributed by atoms with E-state index in [0.717, 1.165) is 12.1 Å². The first-order valence-corrected chi connectivity index (χ1v) is 7.76. The minimum absolute atomic E-state index is 0.0536. The molecule has 5 nitrogen and oxygen atoms in total. The number of nitrogens with one attached hydrogen (secondary N) is 3. The minimum Gasteiger partial charge on any atom is -0.363 e. The summed E-state index contributed by atoms with van der Waals surface area (Å²) in [6.07, 6.45) is 2.30. The molecule has 0 saturated carbocycles. The Labute approximate surface area is 109 Å². The summed E-state index contributed by atoms with van der Waals surface area (Å²) in [5, 5.41) is 3.23. The fourth-order valence-corrected chi connectivity index (χ4v) is 2.75. The van der Waals surface area contributed by atoms with Crippen LogP contribution < -0.4 is 10.0 Å². The van der Waals surface area contributed by atoms with Gasteiger partial charge in [0.25, 0.3) is 0 Å². The zero-order chi connectivity index (χ0) is 13.8. The summed E-state index contributed by atoms with van der Waals surface area (Å²) in [5.74, 6) is 0. The lowest BCUT2D eigenvalue weighted by Crippen LogP contribution is -2.31. The first kappa shape index (κ1) is 15.2. The summed E-state index contributed by atoms with van der Waals surface area (Å²) in [6, 6.07) is 1.98. The van der Waals surface area contributed by atoms with Gasteiger partial charge in [-0.05, 0) is 19.4 Å². The summed E-state index contributed by atoms with van der Waals surface area (Å²) in [4.78, 5) is 3.27. The summed E-state index contributed by atoms with van der Waals surface area (Å²) in [6.45, 7) is 8.53. The van der Waals surface area contributed by atoms with Crippen molar-refractivity contribution >= 4 is 10.0 Å². The van der Waals surface area contributed by atoms with Gasteiger partial charge in [-0.15, -0.1) is 0 Å². The van der Waals surface area contributed by atoms with E-state index < -0.39 is 10.0 Å². The molecule has 1 rings (SSSR count). The molecule has 0 radical (unpaired) electrons. The fraction of sp³-hybridized carbons (Fsp3) is 0.667. The maximum atomic E-state index is 12.0. The molecule has 1 aromatic rings. The molecule has 0 aliphatic carbocycles. The molecule has 0 amide bonds. The zero-order valence-electron chi connectivity index (χ0n) is 11.4. The van der Waals surface area contributed by atoms with Gasteiger partial charge in [0.1, 0.15) is 0 Å². The summed E-state index contributed by atoms with van der Waals surface area (Å²) in [5.41, 5.74) is 0.869. The minimum atomic E-state index is -3.40. The SMILES string of the molecule is CCC(C)NS(=O)(=O)c1c[nH]c(CNC(C)C)c1. The predicted molar refractivity (Wildman–Crippen MR) is 72.8 cm³/mol. The summed E-state index contributed by atoms with van der Waals surface area (Å²) < 4.78 is 26.6. The molecular formula is C12H23N3O2S. The number of rotatable bonds is 7. The van der Waals surface area contributed by atoms with Crippen LogP contribution in [0.5, 0.6) is 0 Å². The van der Waals surface area contributed by atoms with Gasteiger partial charge in [-0.2, -0.15) is 0 Å². The Morgan fingerprint density at radius 3 is 2.56 bits per heavy atom. The predicted octanol–water partition coefficient (Wildman–Crippen LogP) is 1.59. The third-order valence-electron chi connectivity index (χ3n) is 2.70. The molecule has 0 spiro atoms. The second-order valence-corrected chi connectivity index (χ2v) is 6.54. The number of hydrogen-bond donors (Lipinski definition) is 3. The normalized spacial score (nSPS) is 14.1. The van der Waals surface area contributed by atoms with Crippen molar-refractivity contribution in [3.8, 4) is 0 Å². The van der Waals surface area contributed by atoms with Crippen LogP contribution in [0.4, 0.5) is 0 Å². The highest BCUT2D eigenvalue weighted by Gasteiger charge is 2.17. The van der Waals surface area contributed by atoms with Gasteiger partial charge >= 0.3 is 0 Å². The standard InChI is InChI=1S/C12H23N3O2S/c1-5-10(4)15-18(16,17)12-6-11(14-8-12)7-13-9(2)3/h6,8-10,13-15H,5,7H2,1-4H3. The fourth-order valence-electron chi connectivity index (χ4n) is 1.41. The molecule has 0 aliphatic heterocycles. The van der Waals surface area contributed by atoms with Gasteiger partial charge < -0.3 is 10.3 Å². The molecular weight excluding hydrogens is 250 g/mol. The third kappa shape index (κ3) is 4.44. The molecule has 0 aromatic carbocycles. The lowest BCUT2D eigenvalue weighted by molar-refractivity contribution is 0.556. The third-order valence-corrected chi connectivity index (χ3v) is 4.27. The van der Waals surface area contributed by atoms with Crippen LogP contribution in [0.25, 0.3) is 0 Å². The molecule has 1 unspecified atom stereocenters. The van der Waals surface area contributed by atoms with E-state index in [0.29, 0.717) is 17.5 Å². The number of aromatic amines is 1. The summed E-state index contributed by atoms with van der Waals surface area (Å²) in [7, 11) is -3.40. The number of H-pyrrole nitrogens is 1. The summed E-state index contributed by atoms with van der Waals surface area (Å²) >= 11 is 0. The topological polar surface area (TPSA) is 74.0 Å². The lowest BCUT2D eigenvalue weighted by atomic mass is 10.3. The van der Waals surface area contributed by atoms with Crippen LogP contribution in [-0.4, -0.2) is 25.5 Å². The molecule has 1 heterocycles. The first-order valence-electron chi connectivity index (χ1n) is 6.28. The monoisotopic (exact) mass is 273 g/mol. The van der Waals surface area contributed by atoms with Crippen molar-refractivity contribution in [2.45, 2.75) is 57.6 Å². The van der Waals surface area contributed by atoms with Crippen LogP contribution in [0.2, 0.25) is 0 Å². The van der Waals surface area contributed by atoms with Crippen LogP contribution in [-0.2, 0) is 16.6 Å². The van der Waals surface area contributed by atoms with Gasteiger partial charge in [0, 0.05) is 30.5 Å². The second-order valence-electron chi connectivity index (χ2n) is 4.83. The Hall–Kier alpha value is -0.850. The van der Waals surface area contributed by atoms with Gasteiger partial charge in [-0.25, -0.2) is 13.1 Å². The molecule has 0 aliphatic rings. The number of sulfonamides is 1. The smallest absolute Gasteiger partial charge is 0.242 e. The molecule has 6 heteroatoms. The largest absolute Gasteiger partial charge is 0.363 e. The Morgan fingerprint density at radius 2 is 2.00 bits per heavy atom. The van der Waals surface area contributed by atoms with Crippen molar-refractivity contribution in [3.63, 3.8) is 0 Å². The highest BCUT2D eigenvalue weighted by Crippen LogP contribution is 2.11. The molecule has 104 valence electrons. The van der Waals surface area contributed by atoms with Crippen molar-refractivity contribution in [1.82, 2.24) is 15.0 Å². The van der Waals surface area contributed by atoms with Crippen LogP contribution in [0.1, 0.15) is 39.8 Å². The Morgan fingerprint density at radius 1 is 1.33 bits per heavy atom. The molecule has 18 heavy (non-hydrogen) atoms. The van der Waals surface area contributed by atoms with Gasteiger partial charge in [-0.3, -0.25) is 0 Å². The van der Waals surface area contributed by atoms with Gasteiger partial charge in [-0.1, -0.05) is 20.8 Å². The van der Waals surface area contributed by atoms with E-state index in [2.05, 4.69) is 15.0 Å². The van der Waals surface area contributed by atoms with Gasteiger partial charge in [0.05, 0.1) is 4.90 Å².